The monoisotopic (exact) mass is 439 g/mol. The highest BCUT2D eigenvalue weighted by molar-refractivity contribution is 6.76. The summed E-state index contributed by atoms with van der Waals surface area (Å²) in [6.07, 6.45) is 8.44. The van der Waals surface area contributed by atoms with Crippen molar-refractivity contribution in [2.75, 3.05) is 36.5 Å². The van der Waals surface area contributed by atoms with E-state index in [-0.39, 0.29) is 0 Å². The predicted octanol–water partition coefficient (Wildman–Crippen LogP) is 3.56. The molecule has 0 N–H and O–H groups in total. The summed E-state index contributed by atoms with van der Waals surface area (Å²) in [7, 11) is 1.01. The molecule has 0 unspecified atom stereocenters. The Morgan fingerprint density at radius 2 is 2.00 bits per heavy atom. The molecule has 0 bridgehead atoms. The van der Waals surface area contributed by atoms with Crippen molar-refractivity contribution in [1.29, 1.82) is 0 Å². The van der Waals surface area contributed by atoms with Crippen LogP contribution < -0.4 is 9.80 Å². The van der Waals surface area contributed by atoms with Crippen LogP contribution in [0.25, 0.3) is 11.0 Å². The maximum absolute atomic E-state index is 5.94. The van der Waals surface area contributed by atoms with Crippen molar-refractivity contribution in [1.82, 2.24) is 24.5 Å². The van der Waals surface area contributed by atoms with Gasteiger partial charge < -0.3 is 19.1 Å². The van der Waals surface area contributed by atoms with Crippen molar-refractivity contribution in [3.05, 3.63) is 36.7 Å². The first-order valence-electron chi connectivity index (χ1n) is 11.0. The fraction of sp³-hybridized carbons (Fsp3) is 0.545. The minimum absolute atomic E-state index is 0.369. The van der Waals surface area contributed by atoms with Gasteiger partial charge in [0.2, 0.25) is 0 Å². The van der Waals surface area contributed by atoms with Gasteiger partial charge in [0.15, 0.2) is 0 Å². The summed E-state index contributed by atoms with van der Waals surface area (Å²) < 4.78 is 8.01. The molecule has 1 aliphatic heterocycles. The van der Waals surface area contributed by atoms with Crippen LogP contribution in [0.15, 0.2) is 31.0 Å². The number of aromatic nitrogens is 5. The maximum Gasteiger partial charge on any atom is 0.147 e. The number of aryl methyl sites for hydroxylation is 1. The topological polar surface area (TPSA) is 72.2 Å². The number of likely N-dealkylation sites (N-methyl/N-ethyl adjacent to an activating group) is 1. The van der Waals surface area contributed by atoms with Gasteiger partial charge in [-0.2, -0.15) is 0 Å². The van der Waals surface area contributed by atoms with Crippen molar-refractivity contribution in [3.63, 3.8) is 0 Å². The van der Waals surface area contributed by atoms with Crippen LogP contribution in [0.5, 0.6) is 0 Å². The van der Waals surface area contributed by atoms with Gasteiger partial charge in [-0.1, -0.05) is 19.6 Å². The smallest absolute Gasteiger partial charge is 0.147 e. The molecule has 0 aromatic carbocycles. The largest absolute Gasteiger partial charge is 0.361 e. The Kier molecular flexibility index (Phi) is 6.24. The molecule has 166 valence electrons. The number of nitrogens with zero attached hydrogens (tertiary/aromatic N) is 7. The summed E-state index contributed by atoms with van der Waals surface area (Å²) in [5.41, 5.74) is 1.86. The summed E-state index contributed by atoms with van der Waals surface area (Å²) in [6, 6.07) is 3.64. The minimum Gasteiger partial charge on any atom is -0.361 e. The first-order chi connectivity index (χ1) is 14.8. The lowest BCUT2D eigenvalue weighted by Crippen LogP contribution is -2.35. The number of ether oxygens (including phenoxy) is 1. The number of hydrogen-bond acceptors (Lipinski definition) is 7. The molecule has 4 rings (SSSR count). The average molecular weight is 440 g/mol. The lowest BCUT2D eigenvalue weighted by Gasteiger charge is -2.26. The van der Waals surface area contributed by atoms with E-state index in [2.05, 4.69) is 73.3 Å². The predicted molar refractivity (Wildman–Crippen MR) is 127 cm³/mol. The van der Waals surface area contributed by atoms with E-state index < -0.39 is 8.07 Å². The Morgan fingerprint density at radius 1 is 1.16 bits per heavy atom. The van der Waals surface area contributed by atoms with Gasteiger partial charge in [0.1, 0.15) is 30.3 Å². The Balaban J connectivity index is 1.44. The molecule has 0 spiro atoms. The van der Waals surface area contributed by atoms with Crippen LogP contribution in [0, 0.1) is 6.92 Å². The summed E-state index contributed by atoms with van der Waals surface area (Å²) in [5.74, 6) is 1.91. The van der Waals surface area contributed by atoms with Gasteiger partial charge in [-0.25, -0.2) is 15.0 Å². The van der Waals surface area contributed by atoms with Gasteiger partial charge >= 0.3 is 0 Å². The molecule has 0 radical (unpaired) electrons. The Morgan fingerprint density at radius 3 is 2.74 bits per heavy atom. The highest BCUT2D eigenvalue weighted by Gasteiger charge is 2.29. The molecule has 0 amide bonds. The van der Waals surface area contributed by atoms with Crippen molar-refractivity contribution >= 4 is 30.7 Å². The normalized spacial score (nSPS) is 16.9. The molecule has 3 aromatic rings. The SMILES string of the molecule is Cc1cnc(N(C)[C@@H]2CCN(c3ncnc4c3ccn4COCC[Si](C)(C)C)C2)cn1. The van der Waals surface area contributed by atoms with Crippen LogP contribution in [0.3, 0.4) is 0 Å². The zero-order valence-electron chi connectivity index (χ0n) is 19.2. The molecule has 9 heteroatoms. The number of rotatable bonds is 8. The van der Waals surface area contributed by atoms with Crippen LogP contribution in [-0.4, -0.2) is 65.4 Å². The van der Waals surface area contributed by atoms with E-state index in [9.17, 15) is 0 Å². The van der Waals surface area contributed by atoms with Gasteiger partial charge in [0.25, 0.3) is 0 Å². The standard InChI is InChI=1S/C22H33N7OSi/c1-17-12-24-20(13-23-17)27(2)18-6-8-28(14-18)21-19-7-9-29(22(19)26-15-25-21)16-30-10-11-31(3,4)5/h7,9,12-13,15,18H,6,8,10-11,14,16H2,1-5H3/t18-/m1/s1. The molecule has 0 aliphatic carbocycles. The number of anilines is 2. The second-order valence-corrected chi connectivity index (χ2v) is 15.2. The molecule has 31 heavy (non-hydrogen) atoms. The minimum atomic E-state index is -1.08. The second kappa shape index (κ2) is 8.92. The van der Waals surface area contributed by atoms with Gasteiger partial charge in [0, 0.05) is 47.1 Å². The molecule has 4 heterocycles. The summed E-state index contributed by atoms with van der Waals surface area (Å²) in [4.78, 5) is 22.7. The van der Waals surface area contributed by atoms with Crippen LogP contribution in [0.2, 0.25) is 25.7 Å². The molecule has 1 fully saturated rings. The zero-order valence-corrected chi connectivity index (χ0v) is 20.2. The van der Waals surface area contributed by atoms with Crippen LogP contribution in [-0.2, 0) is 11.5 Å². The second-order valence-electron chi connectivity index (χ2n) is 9.58. The number of hydrogen-bond donors (Lipinski definition) is 0. The molecular weight excluding hydrogens is 406 g/mol. The average Bonchev–Trinajstić information content (AvgIpc) is 3.38. The lowest BCUT2D eigenvalue weighted by molar-refractivity contribution is 0.0899. The van der Waals surface area contributed by atoms with Crippen LogP contribution in [0.1, 0.15) is 12.1 Å². The third kappa shape index (κ3) is 5.04. The lowest BCUT2D eigenvalue weighted by atomic mass is 10.2. The Hall–Kier alpha value is -2.52. The first-order valence-corrected chi connectivity index (χ1v) is 14.7. The van der Waals surface area contributed by atoms with E-state index in [1.807, 2.05) is 19.3 Å². The van der Waals surface area contributed by atoms with E-state index >= 15 is 0 Å². The zero-order chi connectivity index (χ0) is 22.0. The van der Waals surface area contributed by atoms with Gasteiger partial charge in [-0.05, 0) is 25.5 Å². The third-order valence-corrected chi connectivity index (χ3v) is 7.61. The number of fused-ring (bicyclic) bond motifs is 1. The molecule has 1 saturated heterocycles. The summed E-state index contributed by atoms with van der Waals surface area (Å²) in [6.45, 7) is 12.2. The van der Waals surface area contributed by atoms with Crippen molar-refractivity contribution in [2.45, 2.75) is 51.8 Å². The Bertz CT molecular complexity index is 1010. The van der Waals surface area contributed by atoms with E-state index in [0.29, 0.717) is 12.8 Å². The first kappa shape index (κ1) is 21.7. The fourth-order valence-corrected chi connectivity index (χ4v) is 4.65. The summed E-state index contributed by atoms with van der Waals surface area (Å²) >= 11 is 0. The van der Waals surface area contributed by atoms with Gasteiger partial charge in [-0.15, -0.1) is 0 Å². The molecule has 0 saturated carbocycles. The molecular formula is C22H33N7OSi. The highest BCUT2D eigenvalue weighted by Crippen LogP contribution is 2.29. The quantitative estimate of drug-likeness (QED) is 0.392. The Labute approximate surface area is 185 Å². The van der Waals surface area contributed by atoms with Gasteiger partial charge in [0.05, 0.1) is 23.5 Å². The van der Waals surface area contributed by atoms with Gasteiger partial charge in [-0.3, -0.25) is 4.98 Å². The molecule has 1 atom stereocenters. The fourth-order valence-electron chi connectivity index (χ4n) is 3.89. The molecule has 8 nitrogen and oxygen atoms in total. The van der Waals surface area contributed by atoms with Crippen molar-refractivity contribution < 1.29 is 4.74 Å². The molecule has 1 aliphatic rings. The van der Waals surface area contributed by atoms with Crippen LogP contribution >= 0.6 is 0 Å². The van der Waals surface area contributed by atoms with E-state index in [4.69, 9.17) is 4.74 Å². The van der Waals surface area contributed by atoms with Crippen LogP contribution in [0.4, 0.5) is 11.6 Å². The maximum atomic E-state index is 5.94. The van der Waals surface area contributed by atoms with E-state index in [1.54, 1.807) is 6.33 Å². The van der Waals surface area contributed by atoms with Crippen molar-refractivity contribution in [2.24, 2.45) is 0 Å². The van der Waals surface area contributed by atoms with E-state index in [1.165, 1.54) is 6.04 Å². The highest BCUT2D eigenvalue weighted by atomic mass is 28.3. The van der Waals surface area contributed by atoms with E-state index in [0.717, 1.165) is 54.5 Å². The molecule has 3 aromatic heterocycles. The summed E-state index contributed by atoms with van der Waals surface area (Å²) in [5, 5.41) is 1.08. The third-order valence-electron chi connectivity index (χ3n) is 5.90. The van der Waals surface area contributed by atoms with Crippen molar-refractivity contribution in [3.8, 4) is 0 Å².